The summed E-state index contributed by atoms with van der Waals surface area (Å²) in [6, 6.07) is 5.59. The summed E-state index contributed by atoms with van der Waals surface area (Å²) < 4.78 is 20.4. The predicted molar refractivity (Wildman–Crippen MR) is 74.0 cm³/mol. The van der Waals surface area contributed by atoms with Gasteiger partial charge in [0.1, 0.15) is 5.82 Å². The maximum absolute atomic E-state index is 13.9. The summed E-state index contributed by atoms with van der Waals surface area (Å²) >= 11 is 3.27. The fraction of sp³-hybridized carbons (Fsp3) is 0.571. The molecular weight excluding hydrogens is 297 g/mol. The number of halogens is 2. The zero-order chi connectivity index (χ0) is 13.1. The van der Waals surface area contributed by atoms with Crippen molar-refractivity contribution < 1.29 is 9.13 Å². The van der Waals surface area contributed by atoms with E-state index in [-0.39, 0.29) is 11.9 Å². The first-order chi connectivity index (χ1) is 8.58. The molecule has 1 aromatic carbocycles. The second kappa shape index (κ2) is 6.13. The van der Waals surface area contributed by atoms with E-state index >= 15 is 0 Å². The van der Waals surface area contributed by atoms with E-state index in [0.29, 0.717) is 30.7 Å². The molecule has 2 unspecified atom stereocenters. The molecule has 0 spiro atoms. The van der Waals surface area contributed by atoms with E-state index in [1.807, 2.05) is 6.07 Å². The Bertz CT molecular complexity index is 411. The van der Waals surface area contributed by atoms with Gasteiger partial charge in [-0.25, -0.2) is 4.39 Å². The Morgan fingerprint density at radius 3 is 2.89 bits per heavy atom. The highest BCUT2D eigenvalue weighted by Crippen LogP contribution is 2.25. The lowest BCUT2D eigenvalue weighted by Gasteiger charge is -2.20. The lowest BCUT2D eigenvalue weighted by Crippen LogP contribution is -2.34. The Hall–Kier alpha value is -0.450. The average molecular weight is 316 g/mol. The van der Waals surface area contributed by atoms with E-state index in [4.69, 9.17) is 4.74 Å². The summed E-state index contributed by atoms with van der Waals surface area (Å²) in [4.78, 5) is 0. The summed E-state index contributed by atoms with van der Waals surface area (Å²) in [5, 5.41) is 3.47. The van der Waals surface area contributed by atoms with Gasteiger partial charge in [0.2, 0.25) is 0 Å². The highest BCUT2D eigenvalue weighted by atomic mass is 79.9. The van der Waals surface area contributed by atoms with Gasteiger partial charge < -0.3 is 10.1 Å². The van der Waals surface area contributed by atoms with Crippen LogP contribution in [0.1, 0.15) is 31.9 Å². The summed E-state index contributed by atoms with van der Waals surface area (Å²) in [5.41, 5.74) is 0.634. The molecule has 0 aromatic heterocycles. The number of nitrogens with one attached hydrogen (secondary N) is 1. The summed E-state index contributed by atoms with van der Waals surface area (Å²) in [7, 11) is 0. The Kier molecular flexibility index (Phi) is 4.76. The molecule has 0 saturated carbocycles. The van der Waals surface area contributed by atoms with Gasteiger partial charge in [-0.2, -0.15) is 0 Å². The van der Waals surface area contributed by atoms with Crippen LogP contribution in [0.2, 0.25) is 0 Å². The maximum atomic E-state index is 13.9. The first-order valence-corrected chi connectivity index (χ1v) is 7.17. The molecule has 1 aliphatic heterocycles. The zero-order valence-electron chi connectivity index (χ0n) is 10.7. The van der Waals surface area contributed by atoms with Crippen LogP contribution in [0.15, 0.2) is 22.7 Å². The first kappa shape index (κ1) is 14.0. The molecule has 0 radical (unpaired) electrons. The normalized spacial score (nSPS) is 25.2. The monoisotopic (exact) mass is 315 g/mol. The Labute approximate surface area is 116 Å². The quantitative estimate of drug-likeness (QED) is 0.899. The van der Waals surface area contributed by atoms with Crippen molar-refractivity contribution in [3.05, 3.63) is 34.1 Å². The molecule has 1 heterocycles. The minimum absolute atomic E-state index is 0.193. The van der Waals surface area contributed by atoms with E-state index in [0.717, 1.165) is 10.9 Å². The molecule has 1 N–H and O–H groups in total. The van der Waals surface area contributed by atoms with E-state index in [9.17, 15) is 4.39 Å². The second-order valence-electron chi connectivity index (χ2n) is 5.07. The van der Waals surface area contributed by atoms with Crippen molar-refractivity contribution in [2.45, 2.75) is 32.4 Å². The highest BCUT2D eigenvalue weighted by Gasteiger charge is 2.23. The lowest BCUT2D eigenvalue weighted by molar-refractivity contribution is 0.0635. The van der Waals surface area contributed by atoms with Crippen LogP contribution in [0.3, 0.4) is 0 Å². The third-order valence-corrected chi connectivity index (χ3v) is 3.92. The van der Waals surface area contributed by atoms with E-state index in [1.165, 1.54) is 6.07 Å². The van der Waals surface area contributed by atoms with Crippen molar-refractivity contribution in [2.75, 3.05) is 13.2 Å². The molecule has 0 aliphatic carbocycles. The zero-order valence-corrected chi connectivity index (χ0v) is 12.3. The van der Waals surface area contributed by atoms with Crippen LogP contribution < -0.4 is 5.32 Å². The maximum Gasteiger partial charge on any atom is 0.130 e. The fourth-order valence-corrected chi connectivity index (χ4v) is 2.62. The van der Waals surface area contributed by atoms with Crippen molar-refractivity contribution in [1.29, 1.82) is 0 Å². The molecule has 2 rings (SSSR count). The van der Waals surface area contributed by atoms with Crippen molar-refractivity contribution in [2.24, 2.45) is 5.92 Å². The van der Waals surface area contributed by atoms with E-state index in [2.05, 4.69) is 35.1 Å². The van der Waals surface area contributed by atoms with Gasteiger partial charge in [-0.05, 0) is 24.5 Å². The summed E-state index contributed by atoms with van der Waals surface area (Å²) in [6.45, 7) is 5.73. The van der Waals surface area contributed by atoms with Gasteiger partial charge in [0.25, 0.3) is 0 Å². The molecule has 100 valence electrons. The molecule has 0 amide bonds. The van der Waals surface area contributed by atoms with Gasteiger partial charge in [0.15, 0.2) is 0 Å². The molecule has 4 heteroatoms. The standard InChI is InChI=1S/C14H19BrFNO/c1-9(2)13-5-6-18-14(8-17-13)11-4-3-10(15)7-12(11)16/h3-4,7,9,13-14,17H,5-6,8H2,1-2H3. The number of rotatable bonds is 2. The topological polar surface area (TPSA) is 21.3 Å². The van der Waals surface area contributed by atoms with Gasteiger partial charge in [-0.15, -0.1) is 0 Å². The van der Waals surface area contributed by atoms with E-state index < -0.39 is 0 Å². The van der Waals surface area contributed by atoms with Crippen molar-refractivity contribution in [3.8, 4) is 0 Å². The largest absolute Gasteiger partial charge is 0.372 e. The van der Waals surface area contributed by atoms with Gasteiger partial charge in [0, 0.05) is 29.2 Å². The predicted octanol–water partition coefficient (Wildman–Crippen LogP) is 3.66. The van der Waals surface area contributed by atoms with Gasteiger partial charge in [-0.3, -0.25) is 0 Å². The van der Waals surface area contributed by atoms with Gasteiger partial charge >= 0.3 is 0 Å². The fourth-order valence-electron chi connectivity index (χ4n) is 2.29. The average Bonchev–Trinajstić information content (AvgIpc) is 2.54. The highest BCUT2D eigenvalue weighted by molar-refractivity contribution is 9.10. The van der Waals surface area contributed by atoms with Gasteiger partial charge in [0.05, 0.1) is 6.10 Å². The Morgan fingerprint density at radius 1 is 1.44 bits per heavy atom. The van der Waals surface area contributed by atoms with Crippen molar-refractivity contribution in [3.63, 3.8) is 0 Å². The van der Waals surface area contributed by atoms with Crippen molar-refractivity contribution >= 4 is 15.9 Å². The van der Waals surface area contributed by atoms with Crippen LogP contribution in [0, 0.1) is 11.7 Å². The summed E-state index contributed by atoms with van der Waals surface area (Å²) in [6.07, 6.45) is 0.786. The minimum Gasteiger partial charge on any atom is -0.372 e. The third-order valence-electron chi connectivity index (χ3n) is 3.43. The molecule has 1 fully saturated rings. The smallest absolute Gasteiger partial charge is 0.130 e. The number of hydrogen-bond acceptors (Lipinski definition) is 2. The van der Waals surface area contributed by atoms with E-state index in [1.54, 1.807) is 6.07 Å². The number of benzene rings is 1. The molecule has 1 saturated heterocycles. The number of ether oxygens (including phenoxy) is 1. The van der Waals surface area contributed by atoms with Crippen LogP contribution in [0.5, 0.6) is 0 Å². The second-order valence-corrected chi connectivity index (χ2v) is 5.99. The van der Waals surface area contributed by atoms with Crippen LogP contribution >= 0.6 is 15.9 Å². The van der Waals surface area contributed by atoms with Crippen molar-refractivity contribution in [1.82, 2.24) is 5.32 Å². The number of hydrogen-bond donors (Lipinski definition) is 1. The van der Waals surface area contributed by atoms with Crippen LogP contribution in [-0.4, -0.2) is 19.2 Å². The minimum atomic E-state index is -0.209. The molecule has 18 heavy (non-hydrogen) atoms. The summed E-state index contributed by atoms with van der Waals surface area (Å²) in [5.74, 6) is 0.362. The molecule has 2 atom stereocenters. The van der Waals surface area contributed by atoms with Crippen LogP contribution in [0.4, 0.5) is 4.39 Å². The first-order valence-electron chi connectivity index (χ1n) is 6.38. The Morgan fingerprint density at radius 2 is 2.22 bits per heavy atom. The third kappa shape index (κ3) is 3.31. The van der Waals surface area contributed by atoms with Crippen LogP contribution in [-0.2, 0) is 4.74 Å². The molecule has 2 nitrogen and oxygen atoms in total. The molecule has 1 aromatic rings. The SMILES string of the molecule is CC(C)C1CCOC(c2ccc(Br)cc2F)CN1. The lowest BCUT2D eigenvalue weighted by atomic mass is 10.0. The molecule has 1 aliphatic rings. The van der Waals surface area contributed by atoms with Crippen LogP contribution in [0.25, 0.3) is 0 Å². The molecular formula is C14H19BrFNO. The van der Waals surface area contributed by atoms with Gasteiger partial charge in [-0.1, -0.05) is 35.8 Å². The molecule has 0 bridgehead atoms. The Balaban J connectivity index is 2.10.